The van der Waals surface area contributed by atoms with E-state index in [0.29, 0.717) is 5.56 Å². The predicted octanol–water partition coefficient (Wildman–Crippen LogP) is 6.45. The van der Waals surface area contributed by atoms with E-state index in [1.54, 1.807) is 12.1 Å². The van der Waals surface area contributed by atoms with E-state index in [9.17, 15) is 4.79 Å². The van der Waals surface area contributed by atoms with Crippen molar-refractivity contribution in [2.45, 2.75) is 51.9 Å². The van der Waals surface area contributed by atoms with Gasteiger partial charge in [-0.3, -0.25) is 9.78 Å². The third kappa shape index (κ3) is 6.62. The van der Waals surface area contributed by atoms with Crippen LogP contribution in [0.4, 0.5) is 0 Å². The molecular formula is C20H25Cl2NO. The fourth-order valence-electron chi connectivity index (χ4n) is 2.62. The maximum atomic E-state index is 11.1. The highest BCUT2D eigenvalue weighted by Gasteiger charge is 2.04. The molecule has 0 amide bonds. The molecule has 1 aromatic heterocycles. The normalized spacial score (nSPS) is 10.2. The van der Waals surface area contributed by atoms with E-state index >= 15 is 0 Å². The summed E-state index contributed by atoms with van der Waals surface area (Å²) in [7, 11) is 0. The molecule has 0 aliphatic heterocycles. The van der Waals surface area contributed by atoms with Crippen LogP contribution < -0.4 is 0 Å². The van der Waals surface area contributed by atoms with E-state index in [4.69, 9.17) is 11.6 Å². The van der Waals surface area contributed by atoms with Crippen molar-refractivity contribution in [3.63, 3.8) is 0 Å². The van der Waals surface area contributed by atoms with Gasteiger partial charge in [0.25, 0.3) is 5.24 Å². The van der Waals surface area contributed by atoms with Gasteiger partial charge in [-0.05, 0) is 48.2 Å². The standard InChI is InChI=1S/C20H24ClNO.ClH/c1-2-3-4-5-6-7-8-16-9-14-19(22-15-16)17-10-12-18(13-11-17)20(21)23;/h9-15H,2-8H2,1H3;1H. The molecule has 1 aromatic carbocycles. The number of halogens is 2. The molecule has 0 radical (unpaired) electrons. The van der Waals surface area contributed by atoms with Crippen molar-refractivity contribution in [1.29, 1.82) is 0 Å². The lowest BCUT2D eigenvalue weighted by Crippen LogP contribution is -1.91. The molecule has 0 N–H and O–H groups in total. The predicted molar refractivity (Wildman–Crippen MR) is 104 cm³/mol. The minimum atomic E-state index is -0.432. The van der Waals surface area contributed by atoms with Crippen LogP contribution >= 0.6 is 24.0 Å². The zero-order valence-electron chi connectivity index (χ0n) is 14.1. The third-order valence-electron chi connectivity index (χ3n) is 4.05. The van der Waals surface area contributed by atoms with Gasteiger partial charge >= 0.3 is 0 Å². The highest BCUT2D eigenvalue weighted by Crippen LogP contribution is 2.19. The Morgan fingerprint density at radius 2 is 1.62 bits per heavy atom. The molecule has 0 saturated heterocycles. The van der Waals surface area contributed by atoms with Crippen LogP contribution in [0.1, 0.15) is 61.4 Å². The molecule has 0 saturated carbocycles. The van der Waals surface area contributed by atoms with E-state index in [-0.39, 0.29) is 12.4 Å². The van der Waals surface area contributed by atoms with Crippen molar-refractivity contribution in [2.75, 3.05) is 0 Å². The summed E-state index contributed by atoms with van der Waals surface area (Å²) in [6.45, 7) is 2.24. The second-order valence-electron chi connectivity index (χ2n) is 5.92. The van der Waals surface area contributed by atoms with E-state index in [1.807, 2.05) is 24.4 Å². The molecule has 24 heavy (non-hydrogen) atoms. The third-order valence-corrected chi connectivity index (χ3v) is 4.27. The van der Waals surface area contributed by atoms with Gasteiger partial charge in [0.15, 0.2) is 0 Å². The molecule has 4 heteroatoms. The zero-order chi connectivity index (χ0) is 16.5. The van der Waals surface area contributed by atoms with Gasteiger partial charge in [0, 0.05) is 17.3 Å². The fraction of sp³-hybridized carbons (Fsp3) is 0.400. The largest absolute Gasteiger partial charge is 0.276 e. The minimum absolute atomic E-state index is 0. The maximum Gasteiger partial charge on any atom is 0.252 e. The average Bonchev–Trinajstić information content (AvgIpc) is 2.58. The lowest BCUT2D eigenvalue weighted by molar-refractivity contribution is 0.108. The van der Waals surface area contributed by atoms with Crippen LogP contribution in [0.5, 0.6) is 0 Å². The summed E-state index contributed by atoms with van der Waals surface area (Å²) in [6.07, 6.45) is 10.9. The summed E-state index contributed by atoms with van der Waals surface area (Å²) in [5.41, 5.74) is 3.72. The summed E-state index contributed by atoms with van der Waals surface area (Å²) >= 11 is 5.46. The Morgan fingerprint density at radius 1 is 0.958 bits per heavy atom. The van der Waals surface area contributed by atoms with Gasteiger partial charge < -0.3 is 0 Å². The van der Waals surface area contributed by atoms with Crippen molar-refractivity contribution >= 4 is 29.3 Å². The Hall–Kier alpha value is -1.38. The maximum absolute atomic E-state index is 11.1. The topological polar surface area (TPSA) is 30.0 Å². The van der Waals surface area contributed by atoms with Crippen LogP contribution in [0, 0.1) is 0 Å². The molecule has 2 aromatic rings. The Morgan fingerprint density at radius 3 is 2.21 bits per heavy atom. The van der Waals surface area contributed by atoms with E-state index < -0.39 is 5.24 Å². The van der Waals surface area contributed by atoms with E-state index in [0.717, 1.165) is 17.7 Å². The number of hydrogen-bond acceptors (Lipinski definition) is 2. The molecule has 0 bridgehead atoms. The Labute approximate surface area is 156 Å². The molecule has 0 fully saturated rings. The lowest BCUT2D eigenvalue weighted by atomic mass is 10.0. The molecular weight excluding hydrogens is 341 g/mol. The van der Waals surface area contributed by atoms with Gasteiger partial charge in [-0.25, -0.2) is 0 Å². The fourth-order valence-corrected chi connectivity index (χ4v) is 2.75. The van der Waals surface area contributed by atoms with Gasteiger partial charge in [-0.1, -0.05) is 57.2 Å². The highest BCUT2D eigenvalue weighted by molar-refractivity contribution is 6.67. The van der Waals surface area contributed by atoms with E-state index in [2.05, 4.69) is 18.0 Å². The van der Waals surface area contributed by atoms with Gasteiger partial charge in [-0.2, -0.15) is 0 Å². The number of nitrogens with zero attached hydrogens (tertiary/aromatic N) is 1. The summed E-state index contributed by atoms with van der Waals surface area (Å²) in [6, 6.07) is 11.4. The Kier molecular flexibility index (Phi) is 9.66. The number of rotatable bonds is 9. The van der Waals surface area contributed by atoms with Crippen molar-refractivity contribution in [2.24, 2.45) is 0 Å². The molecule has 0 aliphatic rings. The first-order chi connectivity index (χ1) is 11.2. The number of aromatic nitrogens is 1. The Balaban J connectivity index is 0.00000288. The van der Waals surface area contributed by atoms with Crippen LogP contribution in [-0.4, -0.2) is 10.2 Å². The van der Waals surface area contributed by atoms with Crippen LogP contribution in [0.15, 0.2) is 42.6 Å². The SMILES string of the molecule is CCCCCCCCc1ccc(-c2ccc(C(=O)Cl)cc2)nc1.Cl. The summed E-state index contributed by atoms with van der Waals surface area (Å²) < 4.78 is 0. The highest BCUT2D eigenvalue weighted by atomic mass is 35.5. The number of unbranched alkanes of at least 4 members (excludes halogenated alkanes) is 5. The van der Waals surface area contributed by atoms with Gasteiger partial charge in [0.05, 0.1) is 5.69 Å². The van der Waals surface area contributed by atoms with Crippen molar-refractivity contribution < 1.29 is 4.79 Å². The number of aryl methyl sites for hydroxylation is 1. The molecule has 2 nitrogen and oxygen atoms in total. The van der Waals surface area contributed by atoms with Gasteiger partial charge in [-0.15, -0.1) is 12.4 Å². The van der Waals surface area contributed by atoms with Crippen molar-refractivity contribution in [1.82, 2.24) is 4.98 Å². The van der Waals surface area contributed by atoms with Crippen molar-refractivity contribution in [3.05, 3.63) is 53.7 Å². The molecule has 0 spiro atoms. The average molecular weight is 366 g/mol. The minimum Gasteiger partial charge on any atom is -0.276 e. The summed E-state index contributed by atoms with van der Waals surface area (Å²) in [4.78, 5) is 15.6. The lowest BCUT2D eigenvalue weighted by Gasteiger charge is -2.05. The quantitative estimate of drug-likeness (QED) is 0.377. The molecule has 1 heterocycles. The molecule has 130 valence electrons. The number of benzene rings is 1. The molecule has 2 rings (SSSR count). The molecule has 0 aliphatic carbocycles. The number of carbonyl (C=O) groups is 1. The number of hydrogen-bond donors (Lipinski definition) is 0. The van der Waals surface area contributed by atoms with Crippen LogP contribution in [0.2, 0.25) is 0 Å². The summed E-state index contributed by atoms with van der Waals surface area (Å²) in [5, 5.41) is -0.432. The van der Waals surface area contributed by atoms with Gasteiger partial charge in [0.1, 0.15) is 0 Å². The first kappa shape index (κ1) is 20.7. The first-order valence-electron chi connectivity index (χ1n) is 8.46. The Bertz CT molecular complexity index is 609. The second kappa shape index (κ2) is 11.2. The van der Waals surface area contributed by atoms with Gasteiger partial charge in [0.2, 0.25) is 0 Å². The van der Waals surface area contributed by atoms with Crippen LogP contribution in [0.3, 0.4) is 0 Å². The first-order valence-corrected chi connectivity index (χ1v) is 8.83. The van der Waals surface area contributed by atoms with Crippen molar-refractivity contribution in [3.8, 4) is 11.3 Å². The number of carbonyl (C=O) groups excluding carboxylic acids is 1. The smallest absolute Gasteiger partial charge is 0.252 e. The van der Waals surface area contributed by atoms with E-state index in [1.165, 1.54) is 44.1 Å². The molecule has 0 atom stereocenters. The zero-order valence-corrected chi connectivity index (χ0v) is 15.7. The van der Waals surface area contributed by atoms with Crippen LogP contribution in [0.25, 0.3) is 11.3 Å². The molecule has 0 unspecified atom stereocenters. The monoisotopic (exact) mass is 365 g/mol. The summed E-state index contributed by atoms with van der Waals surface area (Å²) in [5.74, 6) is 0. The number of pyridine rings is 1. The van der Waals surface area contributed by atoms with Crippen LogP contribution in [-0.2, 0) is 6.42 Å². The second-order valence-corrected chi connectivity index (χ2v) is 6.26.